The first-order valence-electron chi connectivity index (χ1n) is 6.63. The topological polar surface area (TPSA) is 56.1 Å². The molecule has 100 valence electrons. The molecule has 1 heterocycles. The van der Waals surface area contributed by atoms with Gasteiger partial charge in [-0.15, -0.1) is 0 Å². The van der Waals surface area contributed by atoms with Crippen LogP contribution in [0.25, 0.3) is 0 Å². The summed E-state index contributed by atoms with van der Waals surface area (Å²) in [5, 5.41) is 11.9. The second-order valence-electron chi connectivity index (χ2n) is 5.05. The number of nitrogens with zero attached hydrogens (tertiary/aromatic N) is 2. The molecular weight excluding hydrogens is 238 g/mol. The SMILES string of the molecule is Cc1cccc(N2C(C)CCNC(=O)C2CC#N)c1. The number of benzene rings is 1. The summed E-state index contributed by atoms with van der Waals surface area (Å²) in [6.07, 6.45) is 1.10. The molecule has 2 unspecified atom stereocenters. The Morgan fingerprint density at radius 2 is 2.32 bits per heavy atom. The van der Waals surface area contributed by atoms with Crippen molar-refractivity contribution in [1.29, 1.82) is 5.26 Å². The highest BCUT2D eigenvalue weighted by Gasteiger charge is 2.32. The fourth-order valence-corrected chi connectivity index (χ4v) is 2.60. The van der Waals surface area contributed by atoms with E-state index in [-0.39, 0.29) is 18.4 Å². The number of amides is 1. The van der Waals surface area contributed by atoms with Crippen LogP contribution in [0.1, 0.15) is 25.3 Å². The second-order valence-corrected chi connectivity index (χ2v) is 5.05. The van der Waals surface area contributed by atoms with Gasteiger partial charge in [0.05, 0.1) is 12.5 Å². The molecule has 0 aromatic heterocycles. The Bertz CT molecular complexity index is 506. The molecule has 1 N–H and O–H groups in total. The Kier molecular flexibility index (Phi) is 4.06. The zero-order valence-electron chi connectivity index (χ0n) is 11.4. The fraction of sp³-hybridized carbons (Fsp3) is 0.467. The molecule has 0 bridgehead atoms. The summed E-state index contributed by atoms with van der Waals surface area (Å²) in [7, 11) is 0. The van der Waals surface area contributed by atoms with Crippen molar-refractivity contribution in [3.05, 3.63) is 29.8 Å². The van der Waals surface area contributed by atoms with Gasteiger partial charge in [-0.3, -0.25) is 4.79 Å². The van der Waals surface area contributed by atoms with Crippen molar-refractivity contribution in [2.24, 2.45) is 0 Å². The van der Waals surface area contributed by atoms with E-state index in [1.807, 2.05) is 25.1 Å². The van der Waals surface area contributed by atoms with Crippen LogP contribution >= 0.6 is 0 Å². The molecule has 1 aliphatic heterocycles. The van der Waals surface area contributed by atoms with Crippen LogP contribution in [-0.4, -0.2) is 24.5 Å². The Morgan fingerprint density at radius 3 is 3.00 bits per heavy atom. The number of carbonyl (C=O) groups excluding carboxylic acids is 1. The van der Waals surface area contributed by atoms with Crippen molar-refractivity contribution in [2.75, 3.05) is 11.4 Å². The second kappa shape index (κ2) is 5.75. The lowest BCUT2D eigenvalue weighted by Crippen LogP contribution is -2.47. The van der Waals surface area contributed by atoms with Gasteiger partial charge >= 0.3 is 0 Å². The zero-order chi connectivity index (χ0) is 13.8. The maximum Gasteiger partial charge on any atom is 0.243 e. The third-order valence-corrected chi connectivity index (χ3v) is 3.56. The molecule has 4 heteroatoms. The van der Waals surface area contributed by atoms with E-state index in [0.717, 1.165) is 17.7 Å². The highest BCUT2D eigenvalue weighted by Crippen LogP contribution is 2.25. The van der Waals surface area contributed by atoms with Crippen LogP contribution in [0.15, 0.2) is 24.3 Å². The predicted molar refractivity (Wildman–Crippen MR) is 74.8 cm³/mol. The average molecular weight is 257 g/mol. The van der Waals surface area contributed by atoms with Gasteiger partial charge in [-0.2, -0.15) is 5.26 Å². The van der Waals surface area contributed by atoms with Gasteiger partial charge in [0.15, 0.2) is 0 Å². The number of hydrogen-bond acceptors (Lipinski definition) is 3. The van der Waals surface area contributed by atoms with Gasteiger partial charge < -0.3 is 10.2 Å². The van der Waals surface area contributed by atoms with Crippen LogP contribution in [0.5, 0.6) is 0 Å². The summed E-state index contributed by atoms with van der Waals surface area (Å²) in [6.45, 7) is 4.81. The molecule has 2 atom stereocenters. The third kappa shape index (κ3) is 2.87. The highest BCUT2D eigenvalue weighted by atomic mass is 16.2. The van der Waals surface area contributed by atoms with Gasteiger partial charge in [0.25, 0.3) is 0 Å². The van der Waals surface area contributed by atoms with Gasteiger partial charge in [-0.1, -0.05) is 12.1 Å². The molecule has 1 fully saturated rings. The predicted octanol–water partition coefficient (Wildman–Crippen LogP) is 1.99. The Hall–Kier alpha value is -2.02. The van der Waals surface area contributed by atoms with Crippen molar-refractivity contribution < 1.29 is 4.79 Å². The molecule has 4 nitrogen and oxygen atoms in total. The first-order chi connectivity index (χ1) is 9.13. The standard InChI is InChI=1S/C15H19N3O/c1-11-4-3-5-13(10-11)18-12(2)7-9-17-15(19)14(18)6-8-16/h3-5,10,12,14H,6-7,9H2,1-2H3,(H,17,19). The average Bonchev–Trinajstić information content (AvgIpc) is 2.50. The quantitative estimate of drug-likeness (QED) is 0.881. The van der Waals surface area contributed by atoms with Crippen LogP contribution in [-0.2, 0) is 4.79 Å². The summed E-state index contributed by atoms with van der Waals surface area (Å²) >= 11 is 0. The van der Waals surface area contributed by atoms with Gasteiger partial charge in [0, 0.05) is 18.3 Å². The molecule has 1 amide bonds. The molecule has 0 radical (unpaired) electrons. The Labute approximate surface area is 114 Å². The van der Waals surface area contributed by atoms with Crippen molar-refractivity contribution in [1.82, 2.24) is 5.32 Å². The highest BCUT2D eigenvalue weighted by molar-refractivity contribution is 5.86. The monoisotopic (exact) mass is 257 g/mol. The van der Waals surface area contributed by atoms with Gasteiger partial charge in [-0.05, 0) is 38.0 Å². The molecule has 19 heavy (non-hydrogen) atoms. The number of rotatable bonds is 2. The minimum Gasteiger partial charge on any atom is -0.356 e. The van der Waals surface area contributed by atoms with Crippen molar-refractivity contribution in [2.45, 2.75) is 38.8 Å². The maximum absolute atomic E-state index is 12.1. The molecule has 1 aliphatic rings. The van der Waals surface area contributed by atoms with E-state index in [1.165, 1.54) is 0 Å². The lowest BCUT2D eigenvalue weighted by Gasteiger charge is -2.34. The molecule has 0 saturated carbocycles. The van der Waals surface area contributed by atoms with Crippen molar-refractivity contribution in [3.63, 3.8) is 0 Å². The Balaban J connectivity index is 2.40. The van der Waals surface area contributed by atoms with Gasteiger partial charge in [0.1, 0.15) is 6.04 Å². The minimum absolute atomic E-state index is 0.0487. The zero-order valence-corrected chi connectivity index (χ0v) is 11.4. The molecule has 1 aromatic carbocycles. The smallest absolute Gasteiger partial charge is 0.243 e. The number of aryl methyl sites for hydroxylation is 1. The molecule has 1 aromatic rings. The molecular formula is C15H19N3O. The Morgan fingerprint density at radius 1 is 1.53 bits per heavy atom. The lowest BCUT2D eigenvalue weighted by molar-refractivity contribution is -0.122. The van der Waals surface area contributed by atoms with E-state index in [2.05, 4.69) is 29.3 Å². The third-order valence-electron chi connectivity index (χ3n) is 3.56. The van der Waals surface area contributed by atoms with E-state index >= 15 is 0 Å². The minimum atomic E-state index is -0.399. The number of nitrogens with one attached hydrogen (secondary N) is 1. The van der Waals surface area contributed by atoms with Crippen LogP contribution in [0.4, 0.5) is 5.69 Å². The van der Waals surface area contributed by atoms with Crippen LogP contribution < -0.4 is 10.2 Å². The van der Waals surface area contributed by atoms with Crippen LogP contribution in [0, 0.1) is 18.3 Å². The van der Waals surface area contributed by atoms with E-state index in [1.54, 1.807) is 0 Å². The summed E-state index contributed by atoms with van der Waals surface area (Å²) in [5.74, 6) is -0.0487. The van der Waals surface area contributed by atoms with E-state index in [0.29, 0.717) is 6.54 Å². The lowest BCUT2D eigenvalue weighted by atomic mass is 10.1. The number of hydrogen-bond donors (Lipinski definition) is 1. The molecule has 1 saturated heterocycles. The maximum atomic E-state index is 12.1. The van der Waals surface area contributed by atoms with Crippen LogP contribution in [0.2, 0.25) is 0 Å². The van der Waals surface area contributed by atoms with Crippen LogP contribution in [0.3, 0.4) is 0 Å². The first kappa shape index (κ1) is 13.4. The number of carbonyl (C=O) groups is 1. The van der Waals surface area contributed by atoms with Gasteiger partial charge in [0.2, 0.25) is 5.91 Å². The summed E-state index contributed by atoms with van der Waals surface area (Å²) < 4.78 is 0. The fourth-order valence-electron chi connectivity index (χ4n) is 2.60. The first-order valence-corrected chi connectivity index (χ1v) is 6.63. The summed E-state index contributed by atoms with van der Waals surface area (Å²) in [5.41, 5.74) is 2.18. The van der Waals surface area contributed by atoms with E-state index < -0.39 is 6.04 Å². The van der Waals surface area contributed by atoms with Crippen molar-refractivity contribution in [3.8, 4) is 6.07 Å². The normalized spacial score (nSPS) is 23.4. The van der Waals surface area contributed by atoms with Gasteiger partial charge in [-0.25, -0.2) is 0 Å². The number of anilines is 1. The largest absolute Gasteiger partial charge is 0.356 e. The molecule has 0 aliphatic carbocycles. The summed E-state index contributed by atoms with van der Waals surface area (Å²) in [4.78, 5) is 14.2. The van der Waals surface area contributed by atoms with E-state index in [9.17, 15) is 4.79 Å². The van der Waals surface area contributed by atoms with Crippen molar-refractivity contribution >= 4 is 11.6 Å². The molecule has 0 spiro atoms. The summed E-state index contributed by atoms with van der Waals surface area (Å²) in [6, 6.07) is 10.1. The van der Waals surface area contributed by atoms with E-state index in [4.69, 9.17) is 5.26 Å². The molecule has 2 rings (SSSR count). The number of nitriles is 1.